The maximum absolute atomic E-state index is 6.02. The molecule has 2 nitrogen and oxygen atoms in total. The second-order valence-corrected chi connectivity index (χ2v) is 6.80. The highest BCUT2D eigenvalue weighted by atomic mass is 79.9. The lowest BCUT2D eigenvalue weighted by Gasteiger charge is -2.13. The van der Waals surface area contributed by atoms with E-state index in [2.05, 4.69) is 22.0 Å². The van der Waals surface area contributed by atoms with E-state index in [-0.39, 0.29) is 6.04 Å². The molecule has 0 fully saturated rings. The molecule has 1 aromatic carbocycles. The summed E-state index contributed by atoms with van der Waals surface area (Å²) in [5.41, 5.74) is 6.91. The molecule has 102 valence electrons. The van der Waals surface area contributed by atoms with Crippen LogP contribution in [0.15, 0.2) is 34.1 Å². The molecule has 0 amide bonds. The van der Waals surface area contributed by atoms with Crippen LogP contribution in [-0.2, 0) is 13.0 Å². The van der Waals surface area contributed by atoms with Crippen molar-refractivity contribution in [2.24, 2.45) is 5.73 Å². The number of hydrogen-bond donors (Lipinski definition) is 1. The van der Waals surface area contributed by atoms with Crippen molar-refractivity contribution in [1.82, 2.24) is 0 Å². The van der Waals surface area contributed by atoms with Crippen LogP contribution < -0.4 is 10.5 Å². The van der Waals surface area contributed by atoms with Gasteiger partial charge in [-0.25, -0.2) is 0 Å². The highest BCUT2D eigenvalue weighted by Gasteiger charge is 2.08. The van der Waals surface area contributed by atoms with Gasteiger partial charge in [0, 0.05) is 25.8 Å². The number of benzene rings is 1. The van der Waals surface area contributed by atoms with Crippen molar-refractivity contribution in [3.63, 3.8) is 0 Å². The second kappa shape index (κ2) is 6.75. The van der Waals surface area contributed by atoms with Crippen molar-refractivity contribution in [2.45, 2.75) is 26.0 Å². The van der Waals surface area contributed by atoms with Crippen LogP contribution in [0.4, 0.5) is 0 Å². The average molecular weight is 361 g/mol. The van der Waals surface area contributed by atoms with E-state index in [0.717, 1.165) is 22.2 Å². The lowest BCUT2D eigenvalue weighted by molar-refractivity contribution is 0.306. The average Bonchev–Trinajstić information content (AvgIpc) is 2.73. The number of rotatable bonds is 5. The molecule has 0 aliphatic carbocycles. The monoisotopic (exact) mass is 359 g/mol. The van der Waals surface area contributed by atoms with Crippen molar-refractivity contribution in [2.75, 3.05) is 0 Å². The van der Waals surface area contributed by atoms with Gasteiger partial charge in [0.25, 0.3) is 0 Å². The quantitative estimate of drug-likeness (QED) is 0.843. The number of nitrogens with two attached hydrogens (primary N) is 1. The second-order valence-electron chi connectivity index (χ2n) is 4.45. The van der Waals surface area contributed by atoms with E-state index in [1.54, 1.807) is 11.3 Å². The standard InChI is InChI=1S/C14H15BrClNOS/c1-9(17)4-10-5-12(16)2-3-14(10)18-7-13-6-11(15)8-19-13/h2-3,5-6,8-9H,4,7,17H2,1H3. The first-order chi connectivity index (χ1) is 9.04. The first-order valence-corrected chi connectivity index (χ1v) is 7.99. The molecular weight excluding hydrogens is 346 g/mol. The maximum atomic E-state index is 6.02. The van der Waals surface area contributed by atoms with E-state index in [1.807, 2.05) is 30.5 Å². The molecule has 1 aromatic heterocycles. The maximum Gasteiger partial charge on any atom is 0.123 e. The fourth-order valence-electron chi connectivity index (χ4n) is 1.77. The van der Waals surface area contributed by atoms with Gasteiger partial charge in [-0.15, -0.1) is 11.3 Å². The van der Waals surface area contributed by atoms with Gasteiger partial charge in [-0.1, -0.05) is 11.6 Å². The van der Waals surface area contributed by atoms with Crippen molar-refractivity contribution in [3.05, 3.63) is 49.6 Å². The number of thiophene rings is 1. The number of halogens is 2. The number of ether oxygens (including phenoxy) is 1. The Labute approximate surface area is 130 Å². The van der Waals surface area contributed by atoms with Crippen molar-refractivity contribution >= 4 is 38.9 Å². The Hall–Kier alpha value is -0.550. The summed E-state index contributed by atoms with van der Waals surface area (Å²) in [6.45, 7) is 2.53. The van der Waals surface area contributed by atoms with Crippen molar-refractivity contribution < 1.29 is 4.74 Å². The number of hydrogen-bond acceptors (Lipinski definition) is 3. The van der Waals surface area contributed by atoms with Crippen LogP contribution in [-0.4, -0.2) is 6.04 Å². The predicted molar refractivity (Wildman–Crippen MR) is 85.2 cm³/mol. The van der Waals surface area contributed by atoms with Gasteiger partial charge in [0.05, 0.1) is 0 Å². The highest BCUT2D eigenvalue weighted by Crippen LogP contribution is 2.26. The molecule has 2 N–H and O–H groups in total. The topological polar surface area (TPSA) is 35.2 Å². The van der Waals surface area contributed by atoms with Crippen LogP contribution in [0.5, 0.6) is 5.75 Å². The lowest BCUT2D eigenvalue weighted by Crippen LogP contribution is -2.18. The molecule has 0 saturated carbocycles. The van der Waals surface area contributed by atoms with E-state index in [1.165, 1.54) is 4.88 Å². The summed E-state index contributed by atoms with van der Waals surface area (Å²) in [5, 5.41) is 2.76. The molecule has 2 rings (SSSR count). The Morgan fingerprint density at radius 2 is 2.21 bits per heavy atom. The molecule has 0 aliphatic rings. The molecule has 1 atom stereocenters. The minimum Gasteiger partial charge on any atom is -0.488 e. The minimum absolute atomic E-state index is 0.0803. The fraction of sp³-hybridized carbons (Fsp3) is 0.286. The van der Waals surface area contributed by atoms with E-state index in [4.69, 9.17) is 22.1 Å². The smallest absolute Gasteiger partial charge is 0.123 e. The van der Waals surface area contributed by atoms with Crippen molar-refractivity contribution in [3.8, 4) is 5.75 Å². The summed E-state index contributed by atoms with van der Waals surface area (Å²) in [6, 6.07) is 7.81. The van der Waals surface area contributed by atoms with Crippen LogP contribution >= 0.6 is 38.9 Å². The summed E-state index contributed by atoms with van der Waals surface area (Å²) < 4.78 is 6.95. The molecule has 0 aliphatic heterocycles. The van der Waals surface area contributed by atoms with Gasteiger partial charge < -0.3 is 10.5 Å². The summed E-state index contributed by atoms with van der Waals surface area (Å²) >= 11 is 11.1. The van der Waals surface area contributed by atoms with Gasteiger partial charge in [0.15, 0.2) is 0 Å². The molecule has 0 spiro atoms. The van der Waals surface area contributed by atoms with Gasteiger partial charge in [0.2, 0.25) is 0 Å². The molecule has 0 bridgehead atoms. The van der Waals surface area contributed by atoms with E-state index < -0.39 is 0 Å². The predicted octanol–water partition coefficient (Wildman–Crippen LogP) is 4.63. The summed E-state index contributed by atoms with van der Waals surface area (Å²) in [7, 11) is 0. The van der Waals surface area contributed by atoms with Crippen LogP contribution in [0.1, 0.15) is 17.4 Å². The highest BCUT2D eigenvalue weighted by molar-refractivity contribution is 9.10. The molecular formula is C14H15BrClNOS. The van der Waals surface area contributed by atoms with Crippen LogP contribution in [0.2, 0.25) is 5.02 Å². The Kier molecular flexibility index (Phi) is 5.28. The van der Waals surface area contributed by atoms with Gasteiger partial charge >= 0.3 is 0 Å². The summed E-state index contributed by atoms with van der Waals surface area (Å²) in [4.78, 5) is 1.17. The van der Waals surface area contributed by atoms with E-state index in [9.17, 15) is 0 Å². The SMILES string of the molecule is CC(N)Cc1cc(Cl)ccc1OCc1cc(Br)cs1. The van der Waals surface area contributed by atoms with Gasteiger partial charge in [-0.3, -0.25) is 0 Å². The zero-order valence-corrected chi connectivity index (χ0v) is 13.7. The summed E-state index contributed by atoms with van der Waals surface area (Å²) in [5.74, 6) is 0.853. The van der Waals surface area contributed by atoms with E-state index >= 15 is 0 Å². The first kappa shape index (κ1) is 14.9. The van der Waals surface area contributed by atoms with E-state index in [0.29, 0.717) is 11.6 Å². The fourth-order valence-corrected chi connectivity index (χ4v) is 3.33. The Morgan fingerprint density at radius 3 is 2.84 bits per heavy atom. The Balaban J connectivity index is 2.10. The minimum atomic E-state index is 0.0803. The van der Waals surface area contributed by atoms with Crippen LogP contribution in [0.25, 0.3) is 0 Å². The molecule has 19 heavy (non-hydrogen) atoms. The van der Waals surface area contributed by atoms with Crippen LogP contribution in [0.3, 0.4) is 0 Å². The normalized spacial score (nSPS) is 12.4. The van der Waals surface area contributed by atoms with Gasteiger partial charge in [-0.05, 0) is 59.1 Å². The third kappa shape index (κ3) is 4.49. The Morgan fingerprint density at radius 1 is 1.42 bits per heavy atom. The van der Waals surface area contributed by atoms with Crippen molar-refractivity contribution in [1.29, 1.82) is 0 Å². The largest absolute Gasteiger partial charge is 0.488 e. The third-order valence-electron chi connectivity index (χ3n) is 2.56. The zero-order chi connectivity index (χ0) is 13.8. The third-order valence-corrected chi connectivity index (χ3v) is 4.46. The first-order valence-electron chi connectivity index (χ1n) is 5.94. The molecule has 2 aromatic rings. The molecule has 1 unspecified atom stereocenters. The van der Waals surface area contributed by atoms with Crippen LogP contribution in [0, 0.1) is 0 Å². The molecule has 0 saturated heterocycles. The zero-order valence-electron chi connectivity index (χ0n) is 10.5. The summed E-state index contributed by atoms with van der Waals surface area (Å²) in [6.07, 6.45) is 0.754. The molecule has 0 radical (unpaired) electrons. The molecule has 5 heteroatoms. The molecule has 1 heterocycles. The lowest BCUT2D eigenvalue weighted by atomic mass is 10.1. The Bertz CT molecular complexity index is 556. The van der Waals surface area contributed by atoms with Gasteiger partial charge in [0.1, 0.15) is 12.4 Å². The van der Waals surface area contributed by atoms with Gasteiger partial charge in [-0.2, -0.15) is 0 Å².